The van der Waals surface area contributed by atoms with Gasteiger partial charge in [-0.15, -0.1) is 0 Å². The molecule has 0 aromatic heterocycles. The molecule has 1 aliphatic heterocycles. The SMILES string of the molecule is CN(C)CCN(C)c1ccc(N=C(c2ccccc2)C2C(=O)Nc3cc(F)ccc32)cc1. The molecule has 3 aromatic carbocycles. The Balaban J connectivity index is 1.69. The highest BCUT2D eigenvalue weighted by Crippen LogP contribution is 2.36. The number of carbonyl (C=O) groups is 1. The van der Waals surface area contributed by atoms with Crippen molar-refractivity contribution in [1.82, 2.24) is 4.90 Å². The van der Waals surface area contributed by atoms with E-state index >= 15 is 0 Å². The number of likely N-dealkylation sites (N-methyl/N-ethyl adjacent to an activating group) is 2. The molecule has 32 heavy (non-hydrogen) atoms. The van der Waals surface area contributed by atoms with Crippen molar-refractivity contribution in [3.8, 4) is 0 Å². The van der Waals surface area contributed by atoms with Gasteiger partial charge >= 0.3 is 0 Å². The van der Waals surface area contributed by atoms with E-state index in [1.54, 1.807) is 6.07 Å². The molecule has 164 valence electrons. The molecule has 3 aromatic rings. The Hall–Kier alpha value is -3.51. The average Bonchev–Trinajstić information content (AvgIpc) is 3.11. The van der Waals surface area contributed by atoms with E-state index in [9.17, 15) is 9.18 Å². The molecule has 1 N–H and O–H groups in total. The summed E-state index contributed by atoms with van der Waals surface area (Å²) >= 11 is 0. The van der Waals surface area contributed by atoms with Crippen molar-refractivity contribution in [3.63, 3.8) is 0 Å². The Labute approximate surface area is 188 Å². The molecule has 0 saturated carbocycles. The Morgan fingerprint density at radius 1 is 0.969 bits per heavy atom. The third kappa shape index (κ3) is 4.70. The van der Waals surface area contributed by atoms with Gasteiger partial charge in [0.25, 0.3) is 0 Å². The summed E-state index contributed by atoms with van der Waals surface area (Å²) in [6.07, 6.45) is 0. The monoisotopic (exact) mass is 430 g/mol. The van der Waals surface area contributed by atoms with Gasteiger partial charge in [0.15, 0.2) is 0 Å². The molecule has 4 rings (SSSR count). The Kier molecular flexibility index (Phi) is 6.32. The molecule has 1 atom stereocenters. The van der Waals surface area contributed by atoms with Gasteiger partial charge in [0, 0.05) is 31.5 Å². The summed E-state index contributed by atoms with van der Waals surface area (Å²) in [6, 6.07) is 22.1. The zero-order valence-electron chi connectivity index (χ0n) is 18.5. The van der Waals surface area contributed by atoms with Crippen LogP contribution in [0.4, 0.5) is 21.5 Å². The minimum Gasteiger partial charge on any atom is -0.373 e. The first kappa shape index (κ1) is 21.7. The number of anilines is 2. The van der Waals surface area contributed by atoms with Crippen molar-refractivity contribution in [3.05, 3.63) is 89.7 Å². The number of benzene rings is 3. The quantitative estimate of drug-likeness (QED) is 0.554. The zero-order valence-corrected chi connectivity index (χ0v) is 18.5. The van der Waals surface area contributed by atoms with Crippen molar-refractivity contribution in [2.24, 2.45) is 4.99 Å². The lowest BCUT2D eigenvalue weighted by Gasteiger charge is -2.21. The second-order valence-electron chi connectivity index (χ2n) is 8.26. The van der Waals surface area contributed by atoms with Crippen LogP contribution in [0, 0.1) is 5.82 Å². The zero-order chi connectivity index (χ0) is 22.7. The van der Waals surface area contributed by atoms with Gasteiger partial charge in [-0.2, -0.15) is 0 Å². The third-order valence-electron chi connectivity index (χ3n) is 5.61. The van der Waals surface area contributed by atoms with Crippen LogP contribution in [0.15, 0.2) is 77.8 Å². The summed E-state index contributed by atoms with van der Waals surface area (Å²) in [7, 11) is 6.18. The smallest absolute Gasteiger partial charge is 0.238 e. The summed E-state index contributed by atoms with van der Waals surface area (Å²) in [5.41, 5.74) is 4.60. The predicted molar refractivity (Wildman–Crippen MR) is 129 cm³/mol. The molecule has 1 aliphatic rings. The third-order valence-corrected chi connectivity index (χ3v) is 5.61. The van der Waals surface area contributed by atoms with Gasteiger partial charge in [-0.3, -0.25) is 9.79 Å². The molecule has 0 bridgehead atoms. The lowest BCUT2D eigenvalue weighted by atomic mass is 9.90. The van der Waals surface area contributed by atoms with E-state index in [0.717, 1.165) is 35.6 Å². The number of nitrogens with one attached hydrogen (secondary N) is 1. The molecular formula is C26H27FN4O. The van der Waals surface area contributed by atoms with Crippen LogP contribution in [0.3, 0.4) is 0 Å². The first-order chi connectivity index (χ1) is 15.4. The maximum atomic E-state index is 13.7. The standard InChI is InChI=1S/C26H27FN4O/c1-30(2)15-16-31(3)21-12-10-20(11-13-21)28-25(18-7-5-4-6-8-18)24-22-14-9-19(27)17-23(22)29-26(24)32/h4-14,17,24H,15-16H2,1-3H3,(H,29,32). The molecule has 1 unspecified atom stereocenters. The van der Waals surface area contributed by atoms with Gasteiger partial charge in [-0.1, -0.05) is 36.4 Å². The number of halogens is 1. The summed E-state index contributed by atoms with van der Waals surface area (Å²) < 4.78 is 13.7. The van der Waals surface area contributed by atoms with Crippen molar-refractivity contribution in [2.45, 2.75) is 5.92 Å². The molecular weight excluding hydrogens is 403 g/mol. The number of carbonyl (C=O) groups excluding carboxylic acids is 1. The number of rotatable bonds is 7. The van der Waals surface area contributed by atoms with Crippen LogP contribution in [0.1, 0.15) is 17.0 Å². The molecule has 0 saturated heterocycles. The fourth-order valence-electron chi connectivity index (χ4n) is 3.81. The summed E-state index contributed by atoms with van der Waals surface area (Å²) in [5.74, 6) is -1.18. The summed E-state index contributed by atoms with van der Waals surface area (Å²) in [6.45, 7) is 1.88. The van der Waals surface area contributed by atoms with Gasteiger partial charge in [0.1, 0.15) is 11.7 Å². The molecule has 0 spiro atoms. The summed E-state index contributed by atoms with van der Waals surface area (Å²) in [5, 5.41) is 2.80. The molecule has 0 radical (unpaired) electrons. The van der Waals surface area contributed by atoms with E-state index in [1.807, 2.05) is 54.6 Å². The van der Waals surface area contributed by atoms with Crippen molar-refractivity contribution < 1.29 is 9.18 Å². The first-order valence-electron chi connectivity index (χ1n) is 10.6. The van der Waals surface area contributed by atoms with Gasteiger partial charge in [-0.05, 0) is 61.6 Å². The predicted octanol–water partition coefficient (Wildman–Crippen LogP) is 4.68. The van der Waals surface area contributed by atoms with Crippen LogP contribution >= 0.6 is 0 Å². The Bertz CT molecular complexity index is 1130. The van der Waals surface area contributed by atoms with Crippen LogP contribution in [0.2, 0.25) is 0 Å². The van der Waals surface area contributed by atoms with E-state index in [2.05, 4.69) is 36.3 Å². The number of hydrogen-bond donors (Lipinski definition) is 1. The van der Waals surface area contributed by atoms with E-state index in [0.29, 0.717) is 11.4 Å². The van der Waals surface area contributed by atoms with E-state index in [1.165, 1.54) is 12.1 Å². The Morgan fingerprint density at radius 2 is 1.69 bits per heavy atom. The van der Waals surface area contributed by atoms with Crippen molar-refractivity contribution in [2.75, 3.05) is 44.4 Å². The number of aliphatic imine (C=N–C) groups is 1. The van der Waals surface area contributed by atoms with Crippen LogP contribution in [0.5, 0.6) is 0 Å². The normalized spacial score (nSPS) is 15.6. The lowest BCUT2D eigenvalue weighted by Crippen LogP contribution is -2.28. The summed E-state index contributed by atoms with van der Waals surface area (Å²) in [4.78, 5) is 22.1. The fourth-order valence-corrected chi connectivity index (χ4v) is 3.81. The number of amides is 1. The van der Waals surface area contributed by atoms with E-state index < -0.39 is 5.92 Å². The largest absolute Gasteiger partial charge is 0.373 e. The molecule has 0 aliphatic carbocycles. The van der Waals surface area contributed by atoms with Gasteiger partial charge < -0.3 is 15.1 Å². The van der Waals surface area contributed by atoms with Gasteiger partial charge in [-0.25, -0.2) is 4.39 Å². The molecule has 1 heterocycles. The molecule has 0 fully saturated rings. The number of nitrogens with zero attached hydrogens (tertiary/aromatic N) is 3. The molecule has 6 heteroatoms. The maximum absolute atomic E-state index is 13.7. The molecule has 1 amide bonds. The number of fused-ring (bicyclic) bond motifs is 1. The lowest BCUT2D eigenvalue weighted by molar-refractivity contribution is -0.115. The highest BCUT2D eigenvalue weighted by Gasteiger charge is 2.35. The van der Waals surface area contributed by atoms with E-state index in [4.69, 9.17) is 4.99 Å². The maximum Gasteiger partial charge on any atom is 0.238 e. The fraction of sp³-hybridized carbons (Fsp3) is 0.231. The minimum absolute atomic E-state index is 0.201. The van der Waals surface area contributed by atoms with Crippen LogP contribution in [0.25, 0.3) is 0 Å². The highest BCUT2D eigenvalue weighted by molar-refractivity contribution is 6.24. The molecule has 5 nitrogen and oxygen atoms in total. The van der Waals surface area contributed by atoms with Crippen LogP contribution in [-0.2, 0) is 4.79 Å². The topological polar surface area (TPSA) is 47.9 Å². The number of hydrogen-bond acceptors (Lipinski definition) is 4. The van der Waals surface area contributed by atoms with Gasteiger partial charge in [0.2, 0.25) is 5.91 Å². The second kappa shape index (κ2) is 9.32. The minimum atomic E-state index is -0.601. The highest BCUT2D eigenvalue weighted by atomic mass is 19.1. The van der Waals surface area contributed by atoms with Crippen LogP contribution < -0.4 is 10.2 Å². The van der Waals surface area contributed by atoms with Gasteiger partial charge in [0.05, 0.1) is 11.4 Å². The van der Waals surface area contributed by atoms with Crippen molar-refractivity contribution >= 4 is 28.7 Å². The average molecular weight is 431 g/mol. The van der Waals surface area contributed by atoms with Crippen LogP contribution in [-0.4, -0.2) is 50.8 Å². The first-order valence-corrected chi connectivity index (χ1v) is 10.6. The van der Waals surface area contributed by atoms with E-state index in [-0.39, 0.29) is 11.7 Å². The second-order valence-corrected chi connectivity index (χ2v) is 8.26. The van der Waals surface area contributed by atoms with Crippen molar-refractivity contribution in [1.29, 1.82) is 0 Å². The Morgan fingerprint density at radius 3 is 2.38 bits per heavy atom.